The highest BCUT2D eigenvalue weighted by Gasteiger charge is 2.23. The van der Waals surface area contributed by atoms with E-state index in [0.717, 1.165) is 12.8 Å². The second-order valence-electron chi connectivity index (χ2n) is 7.66. The molecular formula is C21H24FN5O3S. The highest BCUT2D eigenvalue weighted by molar-refractivity contribution is 7.90. The molecule has 31 heavy (non-hydrogen) atoms. The first-order chi connectivity index (χ1) is 14.8. The zero-order valence-corrected chi connectivity index (χ0v) is 17.8. The number of aromatic nitrogens is 2. The maximum Gasteiger partial charge on any atom is 0.243 e. The van der Waals surface area contributed by atoms with Gasteiger partial charge in [-0.3, -0.25) is 4.98 Å². The molecule has 2 aromatic heterocycles. The van der Waals surface area contributed by atoms with Crippen molar-refractivity contribution in [2.24, 2.45) is 5.92 Å². The molecule has 0 radical (unpaired) electrons. The van der Waals surface area contributed by atoms with Crippen molar-refractivity contribution >= 4 is 32.2 Å². The quantitative estimate of drug-likeness (QED) is 0.374. The zero-order chi connectivity index (χ0) is 22.0. The van der Waals surface area contributed by atoms with Crippen LogP contribution in [0.5, 0.6) is 5.88 Å². The van der Waals surface area contributed by atoms with Crippen LogP contribution in [-0.4, -0.2) is 38.5 Å². The fourth-order valence-electron chi connectivity index (χ4n) is 2.99. The first kappa shape index (κ1) is 21.4. The number of pyridine rings is 2. The predicted octanol–water partition coefficient (Wildman–Crippen LogP) is 3.59. The first-order valence-corrected chi connectivity index (χ1v) is 11.5. The number of hydrogen-bond acceptors (Lipinski definition) is 7. The number of nitrogens with zero attached hydrogens (tertiary/aromatic N) is 2. The molecule has 1 aliphatic rings. The van der Waals surface area contributed by atoms with E-state index in [1.54, 1.807) is 43.5 Å². The van der Waals surface area contributed by atoms with E-state index in [1.165, 1.54) is 6.07 Å². The summed E-state index contributed by atoms with van der Waals surface area (Å²) in [6, 6.07) is 9.53. The Morgan fingerprint density at radius 3 is 2.74 bits per heavy atom. The Morgan fingerprint density at radius 2 is 2.06 bits per heavy atom. The van der Waals surface area contributed by atoms with E-state index in [2.05, 4.69) is 20.0 Å². The third-order valence-corrected chi connectivity index (χ3v) is 6.37. The lowest BCUT2D eigenvalue weighted by atomic mass is 10.2. The molecule has 10 heteroatoms. The number of halogens is 1. The normalized spacial score (nSPS) is 16.6. The second kappa shape index (κ2) is 8.74. The van der Waals surface area contributed by atoms with Crippen LogP contribution in [0.2, 0.25) is 0 Å². The molecule has 164 valence electrons. The van der Waals surface area contributed by atoms with Gasteiger partial charge in [-0.15, -0.1) is 0 Å². The van der Waals surface area contributed by atoms with Crippen molar-refractivity contribution in [1.82, 2.24) is 14.7 Å². The molecule has 4 N–H and O–H groups in total. The number of anilines is 2. The van der Waals surface area contributed by atoms with Gasteiger partial charge in [-0.1, -0.05) is 0 Å². The molecule has 1 fully saturated rings. The maximum atomic E-state index is 14.1. The van der Waals surface area contributed by atoms with Gasteiger partial charge < -0.3 is 15.2 Å². The van der Waals surface area contributed by atoms with Crippen LogP contribution in [0.15, 0.2) is 47.5 Å². The number of rotatable bonds is 9. The van der Waals surface area contributed by atoms with Crippen LogP contribution >= 0.6 is 0 Å². The molecule has 8 nitrogen and oxygen atoms in total. The van der Waals surface area contributed by atoms with Gasteiger partial charge >= 0.3 is 0 Å². The Kier molecular flexibility index (Phi) is 6.03. The Morgan fingerprint density at radius 1 is 1.32 bits per heavy atom. The third kappa shape index (κ3) is 5.27. The fourth-order valence-corrected chi connectivity index (χ4v) is 4.15. The molecule has 0 aliphatic heterocycles. The maximum absolute atomic E-state index is 14.1. The molecule has 0 amide bonds. The van der Waals surface area contributed by atoms with Gasteiger partial charge in [-0.05, 0) is 56.0 Å². The van der Waals surface area contributed by atoms with Gasteiger partial charge in [0.05, 0.1) is 17.6 Å². The summed E-state index contributed by atoms with van der Waals surface area (Å²) in [5.74, 6) is 0.0316. The molecule has 4 rings (SSSR count). The summed E-state index contributed by atoms with van der Waals surface area (Å²) in [5, 5.41) is 13.1. The summed E-state index contributed by atoms with van der Waals surface area (Å²) in [6.07, 6.45) is 3.12. The van der Waals surface area contributed by atoms with E-state index in [4.69, 9.17) is 9.52 Å². The van der Waals surface area contributed by atoms with Gasteiger partial charge in [0.15, 0.2) is 0 Å². The molecule has 2 heterocycles. The number of benzene rings is 1. The molecule has 2 atom stereocenters. The molecule has 1 saturated carbocycles. The van der Waals surface area contributed by atoms with Crippen molar-refractivity contribution < 1.29 is 18.4 Å². The average Bonchev–Trinajstić information content (AvgIpc) is 3.56. The summed E-state index contributed by atoms with van der Waals surface area (Å²) in [4.78, 5) is 8.47. The minimum atomic E-state index is -3.22. The smallest absolute Gasteiger partial charge is 0.243 e. The minimum absolute atomic E-state index is 0.0517. The highest BCUT2D eigenvalue weighted by Crippen LogP contribution is 2.33. The molecule has 1 aliphatic carbocycles. The van der Waals surface area contributed by atoms with Crippen molar-refractivity contribution in [2.75, 3.05) is 18.5 Å². The summed E-state index contributed by atoms with van der Waals surface area (Å²) in [5.41, 5.74) is 1.76. The molecule has 1 aromatic carbocycles. The lowest BCUT2D eigenvalue weighted by Gasteiger charge is -2.14. The van der Waals surface area contributed by atoms with E-state index in [-0.39, 0.29) is 12.4 Å². The Hall–Kier alpha value is -2.82. The lowest BCUT2D eigenvalue weighted by Crippen LogP contribution is -2.29. The van der Waals surface area contributed by atoms with E-state index < -0.39 is 22.0 Å². The predicted molar refractivity (Wildman–Crippen MR) is 116 cm³/mol. The van der Waals surface area contributed by atoms with Crippen LogP contribution < -0.4 is 14.8 Å². The van der Waals surface area contributed by atoms with Gasteiger partial charge in [0.25, 0.3) is 0 Å². The Balaban J connectivity index is 1.57. The van der Waals surface area contributed by atoms with Gasteiger partial charge in [0.1, 0.15) is 15.4 Å². The number of hydrogen-bond donors (Lipinski definition) is 4. The summed E-state index contributed by atoms with van der Waals surface area (Å²) in [7, 11) is -3.22. The fraction of sp³-hybridized carbons (Fsp3) is 0.333. The summed E-state index contributed by atoms with van der Waals surface area (Å²) in [6.45, 7) is 2.10. The molecule has 3 aromatic rings. The molecule has 0 bridgehead atoms. The van der Waals surface area contributed by atoms with Crippen LogP contribution in [0.25, 0.3) is 10.9 Å². The van der Waals surface area contributed by atoms with Crippen molar-refractivity contribution in [3.63, 3.8) is 0 Å². The van der Waals surface area contributed by atoms with Crippen LogP contribution in [-0.2, 0) is 9.92 Å². The van der Waals surface area contributed by atoms with E-state index in [0.29, 0.717) is 39.7 Å². The Labute approximate surface area is 180 Å². The molecule has 1 unspecified atom stereocenters. The number of ether oxygens (including phenoxy) is 1. The van der Waals surface area contributed by atoms with E-state index >= 15 is 0 Å². The van der Waals surface area contributed by atoms with Gasteiger partial charge in [0.2, 0.25) is 11.8 Å². The number of fused-ring (bicyclic) bond motifs is 1. The van der Waals surface area contributed by atoms with Crippen LogP contribution in [0.1, 0.15) is 19.8 Å². The second-order valence-corrected chi connectivity index (χ2v) is 9.53. The molecular weight excluding hydrogens is 421 g/mol. The lowest BCUT2D eigenvalue weighted by molar-refractivity contribution is 0.199. The van der Waals surface area contributed by atoms with Gasteiger partial charge in [-0.25, -0.2) is 13.7 Å². The minimum Gasteiger partial charge on any atom is -0.476 e. The monoisotopic (exact) mass is 445 g/mol. The van der Waals surface area contributed by atoms with Gasteiger partial charge in [0, 0.05) is 35.6 Å². The largest absolute Gasteiger partial charge is 0.476 e. The van der Waals surface area contributed by atoms with Crippen molar-refractivity contribution in [3.8, 4) is 5.88 Å². The SMILES string of the molecule is C[C@@H](O)CNS(=N)(=O)c1ccc(Nc2ccnc3c(OCC4CC4)nc(F)cc23)cc1. The highest BCUT2D eigenvalue weighted by atomic mass is 32.2. The van der Waals surface area contributed by atoms with Crippen LogP contribution in [0.4, 0.5) is 15.8 Å². The standard InChI is InChI=1S/C21H24FN5O3S/c1-13(28)11-25-31(23,29)16-6-4-15(5-7-16)26-18-8-9-24-20-17(18)10-19(22)27-21(20)30-12-14-2-3-14/h4-10,13-14,28H,2-3,11-12H2,1H3,(H,24,26)(H2,23,25,29)/t13-,31?/m1/s1. The number of aliphatic hydroxyl groups is 1. The van der Waals surface area contributed by atoms with E-state index in [1.807, 2.05) is 0 Å². The zero-order valence-electron chi connectivity index (χ0n) is 17.0. The van der Waals surface area contributed by atoms with Crippen LogP contribution in [0, 0.1) is 16.6 Å². The average molecular weight is 446 g/mol. The van der Waals surface area contributed by atoms with Crippen LogP contribution in [0.3, 0.4) is 0 Å². The van der Waals surface area contributed by atoms with Crippen molar-refractivity contribution in [1.29, 1.82) is 4.78 Å². The Bertz CT molecular complexity index is 1180. The van der Waals surface area contributed by atoms with E-state index in [9.17, 15) is 13.7 Å². The third-order valence-electron chi connectivity index (χ3n) is 4.86. The van der Waals surface area contributed by atoms with Crippen molar-refractivity contribution in [2.45, 2.75) is 30.8 Å². The van der Waals surface area contributed by atoms with Gasteiger partial charge in [-0.2, -0.15) is 9.37 Å². The molecule has 0 saturated heterocycles. The summed E-state index contributed by atoms with van der Waals surface area (Å²) >= 11 is 0. The number of nitrogens with one attached hydrogen (secondary N) is 3. The van der Waals surface area contributed by atoms with Crippen molar-refractivity contribution in [3.05, 3.63) is 48.5 Å². The number of aliphatic hydroxyl groups excluding tert-OH is 1. The first-order valence-electron chi connectivity index (χ1n) is 9.98. The topological polar surface area (TPSA) is 120 Å². The summed E-state index contributed by atoms with van der Waals surface area (Å²) < 4.78 is 42.9. The molecule has 0 spiro atoms.